The zero-order valence-electron chi connectivity index (χ0n) is 10.9. The van der Waals surface area contributed by atoms with Gasteiger partial charge in [-0.05, 0) is 68.6 Å². The van der Waals surface area contributed by atoms with Crippen LogP contribution >= 0.6 is 47.8 Å². The second-order valence-electron chi connectivity index (χ2n) is 4.18. The summed E-state index contributed by atoms with van der Waals surface area (Å²) in [6.07, 6.45) is 0. The lowest BCUT2D eigenvalue weighted by molar-refractivity contribution is 0.340. The lowest BCUT2D eigenvalue weighted by atomic mass is 10.2. The molecule has 0 aliphatic rings. The first-order chi connectivity index (χ1) is 9.60. The summed E-state index contributed by atoms with van der Waals surface area (Å²) < 4.78 is 8.56. The molecule has 0 radical (unpaired) electrons. The van der Waals surface area contributed by atoms with Gasteiger partial charge in [-0.2, -0.15) is 0 Å². The van der Waals surface area contributed by atoms with Gasteiger partial charge in [0.25, 0.3) is 0 Å². The number of benzene rings is 2. The molecule has 0 heterocycles. The van der Waals surface area contributed by atoms with E-state index in [2.05, 4.69) is 65.2 Å². The molecule has 0 saturated carbocycles. The molecule has 0 aliphatic carbocycles. The van der Waals surface area contributed by atoms with Crippen LogP contribution in [0.15, 0.2) is 49.8 Å². The standard InChI is InChI=1S/C15H14Br3NO/c1-2-20-12-5-3-4-10(6-12)9-19-15-13(17)7-11(16)8-14(15)18/h3-8,19H,2,9H2,1H3. The van der Waals surface area contributed by atoms with Crippen LogP contribution in [-0.4, -0.2) is 6.61 Å². The molecule has 2 nitrogen and oxygen atoms in total. The number of hydrogen-bond donors (Lipinski definition) is 1. The first kappa shape index (κ1) is 15.9. The van der Waals surface area contributed by atoms with Crippen molar-refractivity contribution in [3.05, 3.63) is 55.4 Å². The van der Waals surface area contributed by atoms with Crippen molar-refractivity contribution in [2.75, 3.05) is 11.9 Å². The molecule has 0 saturated heterocycles. The van der Waals surface area contributed by atoms with Crippen LogP contribution in [0.3, 0.4) is 0 Å². The molecule has 0 bridgehead atoms. The van der Waals surface area contributed by atoms with Gasteiger partial charge in [-0.3, -0.25) is 0 Å². The monoisotopic (exact) mass is 461 g/mol. The molecule has 0 unspecified atom stereocenters. The minimum absolute atomic E-state index is 0.681. The number of ether oxygens (including phenoxy) is 1. The fourth-order valence-corrected chi connectivity index (χ4v) is 4.35. The van der Waals surface area contributed by atoms with Crippen LogP contribution in [0, 0.1) is 0 Å². The summed E-state index contributed by atoms with van der Waals surface area (Å²) in [5.41, 5.74) is 2.22. The highest BCUT2D eigenvalue weighted by molar-refractivity contribution is 9.11. The van der Waals surface area contributed by atoms with E-state index in [4.69, 9.17) is 4.74 Å². The molecule has 2 aromatic carbocycles. The van der Waals surface area contributed by atoms with Crippen LogP contribution in [-0.2, 0) is 6.54 Å². The Bertz CT molecular complexity index is 578. The van der Waals surface area contributed by atoms with Gasteiger partial charge in [-0.1, -0.05) is 28.1 Å². The maximum Gasteiger partial charge on any atom is 0.119 e. The third-order valence-electron chi connectivity index (χ3n) is 2.69. The number of nitrogens with one attached hydrogen (secondary N) is 1. The van der Waals surface area contributed by atoms with Crippen molar-refractivity contribution in [2.45, 2.75) is 13.5 Å². The fraction of sp³-hybridized carbons (Fsp3) is 0.200. The highest BCUT2D eigenvalue weighted by atomic mass is 79.9. The van der Waals surface area contributed by atoms with Crippen molar-refractivity contribution in [3.8, 4) is 5.75 Å². The highest BCUT2D eigenvalue weighted by Gasteiger charge is 2.06. The molecule has 0 fully saturated rings. The molecular weight excluding hydrogens is 450 g/mol. The van der Waals surface area contributed by atoms with Crippen molar-refractivity contribution in [3.63, 3.8) is 0 Å². The van der Waals surface area contributed by atoms with E-state index in [1.165, 1.54) is 5.56 Å². The molecule has 5 heteroatoms. The summed E-state index contributed by atoms with van der Waals surface area (Å²) in [6.45, 7) is 3.40. The molecule has 0 spiro atoms. The van der Waals surface area contributed by atoms with Crippen LogP contribution in [0.2, 0.25) is 0 Å². The largest absolute Gasteiger partial charge is 0.494 e. The quantitative estimate of drug-likeness (QED) is 0.588. The van der Waals surface area contributed by atoms with Crippen LogP contribution in [0.4, 0.5) is 5.69 Å². The molecule has 2 rings (SSSR count). The van der Waals surface area contributed by atoms with Gasteiger partial charge >= 0.3 is 0 Å². The number of rotatable bonds is 5. The Morgan fingerprint density at radius 2 is 1.75 bits per heavy atom. The first-order valence-corrected chi connectivity index (χ1v) is 8.58. The second-order valence-corrected chi connectivity index (χ2v) is 6.80. The summed E-state index contributed by atoms with van der Waals surface area (Å²) in [4.78, 5) is 0. The van der Waals surface area contributed by atoms with Gasteiger partial charge in [0, 0.05) is 20.0 Å². The predicted octanol–water partition coefficient (Wildman–Crippen LogP) is 5.98. The maximum absolute atomic E-state index is 5.51. The highest BCUT2D eigenvalue weighted by Crippen LogP contribution is 2.34. The van der Waals surface area contributed by atoms with E-state index in [-0.39, 0.29) is 0 Å². The van der Waals surface area contributed by atoms with Gasteiger partial charge in [0.15, 0.2) is 0 Å². The molecule has 0 aliphatic heterocycles. The zero-order valence-corrected chi connectivity index (χ0v) is 15.7. The molecular formula is C15H14Br3NO. The minimum Gasteiger partial charge on any atom is -0.494 e. The molecule has 2 aromatic rings. The topological polar surface area (TPSA) is 21.3 Å². The lowest BCUT2D eigenvalue weighted by Crippen LogP contribution is -2.01. The average Bonchev–Trinajstić information content (AvgIpc) is 2.38. The Labute approximate surface area is 144 Å². The van der Waals surface area contributed by atoms with Gasteiger partial charge in [-0.15, -0.1) is 0 Å². The third-order valence-corrected chi connectivity index (χ3v) is 4.39. The number of hydrogen-bond acceptors (Lipinski definition) is 2. The van der Waals surface area contributed by atoms with Crippen LogP contribution in [0.1, 0.15) is 12.5 Å². The Hall–Kier alpha value is -0.520. The second kappa shape index (κ2) is 7.48. The first-order valence-electron chi connectivity index (χ1n) is 6.20. The molecule has 20 heavy (non-hydrogen) atoms. The average molecular weight is 464 g/mol. The number of anilines is 1. The van der Waals surface area contributed by atoms with Crippen LogP contribution < -0.4 is 10.1 Å². The molecule has 1 N–H and O–H groups in total. The van der Waals surface area contributed by atoms with E-state index in [1.807, 2.05) is 31.2 Å². The van der Waals surface area contributed by atoms with E-state index >= 15 is 0 Å². The van der Waals surface area contributed by atoms with E-state index in [1.54, 1.807) is 0 Å². The normalized spacial score (nSPS) is 10.4. The lowest BCUT2D eigenvalue weighted by Gasteiger charge is -2.12. The van der Waals surface area contributed by atoms with Gasteiger partial charge in [0.05, 0.1) is 12.3 Å². The SMILES string of the molecule is CCOc1cccc(CNc2c(Br)cc(Br)cc2Br)c1. The van der Waals surface area contributed by atoms with E-state index < -0.39 is 0 Å². The van der Waals surface area contributed by atoms with Crippen LogP contribution in [0.5, 0.6) is 5.75 Å². The minimum atomic E-state index is 0.681. The van der Waals surface area contributed by atoms with E-state index in [0.29, 0.717) is 6.61 Å². The molecule has 0 atom stereocenters. The van der Waals surface area contributed by atoms with Crippen molar-refractivity contribution in [2.24, 2.45) is 0 Å². The smallest absolute Gasteiger partial charge is 0.119 e. The fourth-order valence-electron chi connectivity index (χ4n) is 1.81. The van der Waals surface area contributed by atoms with Crippen molar-refractivity contribution >= 4 is 53.5 Å². The van der Waals surface area contributed by atoms with Crippen molar-refractivity contribution < 1.29 is 4.74 Å². The Kier molecular flexibility index (Phi) is 5.93. The molecule has 0 aromatic heterocycles. The summed E-state index contributed by atoms with van der Waals surface area (Å²) in [5, 5.41) is 3.42. The van der Waals surface area contributed by atoms with E-state index in [9.17, 15) is 0 Å². The van der Waals surface area contributed by atoms with E-state index in [0.717, 1.165) is 31.4 Å². The Balaban J connectivity index is 2.11. The van der Waals surface area contributed by atoms with Crippen molar-refractivity contribution in [1.82, 2.24) is 0 Å². The van der Waals surface area contributed by atoms with Crippen molar-refractivity contribution in [1.29, 1.82) is 0 Å². The van der Waals surface area contributed by atoms with Gasteiger partial charge in [0.1, 0.15) is 5.75 Å². The molecule has 0 amide bonds. The summed E-state index contributed by atoms with van der Waals surface area (Å²) >= 11 is 10.6. The maximum atomic E-state index is 5.51. The summed E-state index contributed by atoms with van der Waals surface area (Å²) in [5.74, 6) is 0.903. The Morgan fingerprint density at radius 3 is 2.40 bits per heavy atom. The predicted molar refractivity (Wildman–Crippen MR) is 94.5 cm³/mol. The summed E-state index contributed by atoms with van der Waals surface area (Å²) in [6, 6.07) is 12.1. The van der Waals surface area contributed by atoms with Gasteiger partial charge in [-0.25, -0.2) is 0 Å². The third kappa shape index (κ3) is 4.24. The van der Waals surface area contributed by atoms with Gasteiger partial charge in [0.2, 0.25) is 0 Å². The summed E-state index contributed by atoms with van der Waals surface area (Å²) in [7, 11) is 0. The van der Waals surface area contributed by atoms with Gasteiger partial charge < -0.3 is 10.1 Å². The van der Waals surface area contributed by atoms with Crippen LogP contribution in [0.25, 0.3) is 0 Å². The zero-order chi connectivity index (χ0) is 14.5. The number of halogens is 3. The Morgan fingerprint density at radius 1 is 1.05 bits per heavy atom. The molecule has 106 valence electrons.